The van der Waals surface area contributed by atoms with Crippen LogP contribution in [0.3, 0.4) is 0 Å². The molecule has 0 radical (unpaired) electrons. The van der Waals surface area contributed by atoms with E-state index in [1.807, 2.05) is 6.07 Å². The van der Waals surface area contributed by atoms with Crippen molar-refractivity contribution in [2.45, 2.75) is 18.7 Å². The maximum atomic E-state index is 13.0. The quantitative estimate of drug-likeness (QED) is 0.716. The molecule has 0 saturated heterocycles. The van der Waals surface area contributed by atoms with Crippen molar-refractivity contribution >= 4 is 23.2 Å². The third-order valence-electron chi connectivity index (χ3n) is 1.87. The summed E-state index contributed by atoms with van der Waals surface area (Å²) in [5, 5.41) is 8.20. The molecule has 4 heteroatoms. The van der Waals surface area contributed by atoms with Crippen molar-refractivity contribution in [3.05, 3.63) is 34.1 Å². The Morgan fingerprint density at radius 2 is 2.21 bits per heavy atom. The van der Waals surface area contributed by atoms with E-state index >= 15 is 0 Å². The molecule has 1 nitrogen and oxygen atoms in total. The fourth-order valence-corrected chi connectivity index (χ4v) is 1.51. The fourth-order valence-electron chi connectivity index (χ4n) is 1.11. The van der Waals surface area contributed by atoms with Gasteiger partial charge in [-0.3, -0.25) is 0 Å². The molecule has 0 spiro atoms. The smallest absolute Gasteiger partial charge is 0.127 e. The summed E-state index contributed by atoms with van der Waals surface area (Å²) in [5.74, 6) is -0.346. The summed E-state index contributed by atoms with van der Waals surface area (Å²) < 4.78 is 13.0. The average Bonchev–Trinajstić information content (AvgIpc) is 2.14. The van der Waals surface area contributed by atoms with Crippen LogP contribution in [0, 0.1) is 24.1 Å². The van der Waals surface area contributed by atoms with Gasteiger partial charge in [0.25, 0.3) is 0 Å². The van der Waals surface area contributed by atoms with Gasteiger partial charge in [-0.1, -0.05) is 17.7 Å². The van der Waals surface area contributed by atoms with Crippen molar-refractivity contribution in [2.24, 2.45) is 0 Å². The number of rotatable bonds is 2. The zero-order chi connectivity index (χ0) is 10.7. The van der Waals surface area contributed by atoms with E-state index in [1.54, 1.807) is 13.0 Å². The molecule has 1 rings (SSSR count). The average molecular weight is 232 g/mol. The van der Waals surface area contributed by atoms with E-state index in [4.69, 9.17) is 28.5 Å². The van der Waals surface area contributed by atoms with Gasteiger partial charge in [-0.05, 0) is 24.1 Å². The standard InChI is InChI=1S/C10H8Cl2FN/c1-6-2-7(3-8(11)5-14)9(12)4-10(6)13/h2,4,8H,3H2,1H3. The Balaban J connectivity index is 2.99. The second kappa shape index (κ2) is 4.63. The van der Waals surface area contributed by atoms with Crippen molar-refractivity contribution in [3.8, 4) is 6.07 Å². The molecule has 0 aliphatic carbocycles. The number of alkyl halides is 1. The van der Waals surface area contributed by atoms with Crippen molar-refractivity contribution in [3.63, 3.8) is 0 Å². The highest BCUT2D eigenvalue weighted by atomic mass is 35.5. The van der Waals surface area contributed by atoms with Gasteiger partial charge in [0, 0.05) is 11.4 Å². The molecule has 1 aromatic carbocycles. The summed E-state index contributed by atoms with van der Waals surface area (Å²) in [6.45, 7) is 1.64. The lowest BCUT2D eigenvalue weighted by Crippen LogP contribution is -2.01. The molecule has 1 atom stereocenters. The number of halogens is 3. The molecule has 0 aliphatic rings. The molecule has 1 unspecified atom stereocenters. The van der Waals surface area contributed by atoms with Crippen molar-refractivity contribution in [1.82, 2.24) is 0 Å². The molecule has 0 aromatic heterocycles. The first-order valence-electron chi connectivity index (χ1n) is 4.02. The first-order valence-corrected chi connectivity index (χ1v) is 4.84. The van der Waals surface area contributed by atoms with E-state index in [0.717, 1.165) is 0 Å². The predicted octanol–water partition coefficient (Wildman–Crippen LogP) is 3.46. The van der Waals surface area contributed by atoms with E-state index in [-0.39, 0.29) is 5.82 Å². The van der Waals surface area contributed by atoms with Crippen LogP contribution in [0.5, 0.6) is 0 Å². The first kappa shape index (κ1) is 11.3. The Labute approximate surface area is 92.1 Å². The molecule has 0 aliphatic heterocycles. The maximum Gasteiger partial charge on any atom is 0.127 e. The second-order valence-corrected chi connectivity index (χ2v) is 3.93. The molecular weight excluding hydrogens is 224 g/mol. The zero-order valence-electron chi connectivity index (χ0n) is 7.52. The van der Waals surface area contributed by atoms with Gasteiger partial charge in [0.05, 0.1) is 6.07 Å². The lowest BCUT2D eigenvalue weighted by Gasteiger charge is -2.06. The van der Waals surface area contributed by atoms with Gasteiger partial charge in [0.1, 0.15) is 11.2 Å². The highest BCUT2D eigenvalue weighted by Crippen LogP contribution is 2.22. The predicted molar refractivity (Wildman–Crippen MR) is 55.1 cm³/mol. The summed E-state index contributed by atoms with van der Waals surface area (Å²) in [7, 11) is 0. The maximum absolute atomic E-state index is 13.0. The van der Waals surface area contributed by atoms with Crippen molar-refractivity contribution < 1.29 is 4.39 Å². The highest BCUT2D eigenvalue weighted by Gasteiger charge is 2.10. The van der Waals surface area contributed by atoms with Gasteiger partial charge in [-0.25, -0.2) is 4.39 Å². The lowest BCUT2D eigenvalue weighted by atomic mass is 10.1. The second-order valence-electron chi connectivity index (χ2n) is 2.99. The third-order valence-corrected chi connectivity index (χ3v) is 2.47. The zero-order valence-corrected chi connectivity index (χ0v) is 9.03. The first-order chi connectivity index (χ1) is 6.54. The summed E-state index contributed by atoms with van der Waals surface area (Å²) in [6, 6.07) is 4.75. The molecule has 74 valence electrons. The van der Waals surface area contributed by atoms with E-state index in [9.17, 15) is 4.39 Å². The van der Waals surface area contributed by atoms with Crippen LogP contribution >= 0.6 is 23.2 Å². The third kappa shape index (κ3) is 2.60. The van der Waals surface area contributed by atoms with Crippen LogP contribution < -0.4 is 0 Å². The SMILES string of the molecule is Cc1cc(CC(Cl)C#N)c(Cl)cc1F. The summed E-state index contributed by atoms with van der Waals surface area (Å²) in [6.07, 6.45) is 0.331. The van der Waals surface area contributed by atoms with Gasteiger partial charge in [-0.15, -0.1) is 11.6 Å². The summed E-state index contributed by atoms with van der Waals surface area (Å²) in [4.78, 5) is 0. The minimum absolute atomic E-state index is 0.314. The van der Waals surface area contributed by atoms with Gasteiger partial charge < -0.3 is 0 Å². The number of nitriles is 1. The molecule has 1 aromatic rings. The lowest BCUT2D eigenvalue weighted by molar-refractivity contribution is 0.617. The molecule has 0 fully saturated rings. The molecule has 0 bridgehead atoms. The van der Waals surface area contributed by atoms with Crippen molar-refractivity contribution in [1.29, 1.82) is 5.26 Å². The van der Waals surface area contributed by atoms with Crippen molar-refractivity contribution in [2.75, 3.05) is 0 Å². The van der Waals surface area contributed by atoms with Crippen LogP contribution in [0.2, 0.25) is 5.02 Å². The number of nitrogens with zero attached hydrogens (tertiary/aromatic N) is 1. The Kier molecular flexibility index (Phi) is 3.74. The van der Waals surface area contributed by atoms with Crippen LogP contribution in [-0.4, -0.2) is 5.38 Å². The van der Waals surface area contributed by atoms with Crippen LogP contribution in [0.4, 0.5) is 4.39 Å². The molecule has 0 heterocycles. The number of aryl methyl sites for hydroxylation is 1. The normalized spacial score (nSPS) is 12.2. The Morgan fingerprint density at radius 3 is 2.79 bits per heavy atom. The Hall–Kier alpha value is -0.780. The molecule has 14 heavy (non-hydrogen) atoms. The highest BCUT2D eigenvalue weighted by molar-refractivity contribution is 6.31. The minimum atomic E-state index is -0.627. The largest absolute Gasteiger partial charge is 0.207 e. The van der Waals surface area contributed by atoms with E-state index in [1.165, 1.54) is 6.07 Å². The van der Waals surface area contributed by atoms with Gasteiger partial charge in [0.2, 0.25) is 0 Å². The van der Waals surface area contributed by atoms with E-state index < -0.39 is 5.38 Å². The Morgan fingerprint density at radius 1 is 1.57 bits per heavy atom. The number of benzene rings is 1. The van der Waals surface area contributed by atoms with Gasteiger partial charge in [-0.2, -0.15) is 5.26 Å². The molecule has 0 N–H and O–H groups in total. The minimum Gasteiger partial charge on any atom is -0.207 e. The molecular formula is C10H8Cl2FN. The summed E-state index contributed by atoms with van der Waals surface area (Å²) in [5.41, 5.74) is 1.21. The van der Waals surface area contributed by atoms with Crippen LogP contribution in [0.15, 0.2) is 12.1 Å². The van der Waals surface area contributed by atoms with Crippen LogP contribution in [-0.2, 0) is 6.42 Å². The number of hydrogen-bond acceptors (Lipinski definition) is 1. The van der Waals surface area contributed by atoms with E-state index in [0.29, 0.717) is 22.6 Å². The van der Waals surface area contributed by atoms with Gasteiger partial charge in [0.15, 0.2) is 0 Å². The monoisotopic (exact) mass is 231 g/mol. The fraction of sp³-hybridized carbons (Fsp3) is 0.300. The summed E-state index contributed by atoms with van der Waals surface area (Å²) >= 11 is 11.4. The Bertz CT molecular complexity index is 384. The number of hydrogen-bond donors (Lipinski definition) is 0. The van der Waals surface area contributed by atoms with Crippen LogP contribution in [0.25, 0.3) is 0 Å². The van der Waals surface area contributed by atoms with E-state index in [2.05, 4.69) is 0 Å². The topological polar surface area (TPSA) is 23.8 Å². The molecule has 0 amide bonds. The van der Waals surface area contributed by atoms with Crippen LogP contribution in [0.1, 0.15) is 11.1 Å². The molecule has 0 saturated carbocycles. The van der Waals surface area contributed by atoms with Gasteiger partial charge >= 0.3 is 0 Å².